The van der Waals surface area contributed by atoms with Crippen LogP contribution >= 0.6 is 17.9 Å². The third kappa shape index (κ3) is 7.33. The number of hydrogen-bond acceptors (Lipinski definition) is 5. The van der Waals surface area contributed by atoms with E-state index in [1.54, 1.807) is 0 Å². The van der Waals surface area contributed by atoms with Gasteiger partial charge < -0.3 is 19.3 Å². The minimum Gasteiger partial charge on any atom is -0.507 e. The van der Waals surface area contributed by atoms with Crippen LogP contribution in [0, 0.1) is 0 Å². The van der Waals surface area contributed by atoms with Crippen LogP contribution in [0.3, 0.4) is 0 Å². The first-order valence-electron chi connectivity index (χ1n) is 11.9. The summed E-state index contributed by atoms with van der Waals surface area (Å²) in [5.41, 5.74) is -1.19. The molecule has 0 spiro atoms. The van der Waals surface area contributed by atoms with Crippen LogP contribution in [-0.4, -0.2) is 10.2 Å². The predicted molar refractivity (Wildman–Crippen MR) is 156 cm³/mol. The lowest BCUT2D eigenvalue weighted by Crippen LogP contribution is -2.18. The van der Waals surface area contributed by atoms with E-state index in [0.717, 1.165) is 22.3 Å². The van der Waals surface area contributed by atoms with Crippen molar-refractivity contribution in [2.75, 3.05) is 0 Å². The molecule has 4 nitrogen and oxygen atoms in total. The summed E-state index contributed by atoms with van der Waals surface area (Å²) in [6, 6.07) is 7.29. The second-order valence-electron chi connectivity index (χ2n) is 13.4. The van der Waals surface area contributed by atoms with Crippen molar-refractivity contribution in [1.82, 2.24) is 0 Å². The van der Waals surface area contributed by atoms with Gasteiger partial charge in [0, 0.05) is 22.3 Å². The van der Waals surface area contributed by atoms with Crippen LogP contribution in [0.4, 0.5) is 0 Å². The van der Waals surface area contributed by atoms with Crippen LogP contribution in [0.15, 0.2) is 24.3 Å². The molecule has 0 amide bonds. The fraction of sp³-hybridized carbons (Fsp3) is 0.571. The Balaban J connectivity index is 2.58. The zero-order valence-electron chi connectivity index (χ0n) is 23.3. The second kappa shape index (κ2) is 9.50. The fourth-order valence-electron chi connectivity index (χ4n) is 3.89. The number of thiol groups is 1. The van der Waals surface area contributed by atoms with E-state index in [1.165, 1.54) is 0 Å². The second-order valence-corrected chi connectivity index (χ2v) is 18.5. The summed E-state index contributed by atoms with van der Waals surface area (Å²) in [5.74, 6) is 1.58. The highest BCUT2D eigenvalue weighted by atomic mass is 32.9. The van der Waals surface area contributed by atoms with Gasteiger partial charge in [-0.1, -0.05) is 95.3 Å². The maximum absolute atomic E-state index is 11.0. The smallest absolute Gasteiger partial charge is 0.345 e. The Morgan fingerprint density at radius 1 is 0.571 bits per heavy atom. The van der Waals surface area contributed by atoms with E-state index in [2.05, 4.69) is 12.2 Å². The molecule has 0 unspecified atom stereocenters. The van der Waals surface area contributed by atoms with Gasteiger partial charge in [0.05, 0.1) is 0 Å². The van der Waals surface area contributed by atoms with Gasteiger partial charge >= 0.3 is 5.69 Å². The van der Waals surface area contributed by atoms with Gasteiger partial charge in [0.1, 0.15) is 23.0 Å². The maximum Gasteiger partial charge on any atom is 0.345 e. The molecule has 2 aromatic rings. The van der Waals surface area contributed by atoms with Gasteiger partial charge in [-0.2, -0.15) is 0 Å². The summed E-state index contributed by atoms with van der Waals surface area (Å²) < 4.78 is 12.4. The maximum atomic E-state index is 11.0. The van der Waals surface area contributed by atoms with Gasteiger partial charge in [-0.3, -0.25) is 0 Å². The number of rotatable bonds is 4. The quantitative estimate of drug-likeness (QED) is 0.268. The molecule has 2 N–H and O–H groups in total. The molecule has 0 aliphatic rings. The van der Waals surface area contributed by atoms with Crippen molar-refractivity contribution in [2.45, 2.75) is 105 Å². The van der Waals surface area contributed by atoms with Crippen molar-refractivity contribution >= 4 is 29.7 Å². The normalized spacial score (nSPS) is 13.6. The molecule has 2 aromatic carbocycles. The third-order valence-corrected chi connectivity index (χ3v) is 7.66. The SMILES string of the molecule is CC(C)(C)c1cc(OP(=S)(S)Oc2cc(C(C)(C)C)c(O)c(C(C)(C)C)c2)cc(C(C)(C)C)c1O. The summed E-state index contributed by atoms with van der Waals surface area (Å²) >= 11 is 10.4. The lowest BCUT2D eigenvalue weighted by Gasteiger charge is -2.30. The lowest BCUT2D eigenvalue weighted by atomic mass is 9.79. The molecule has 0 aliphatic heterocycles. The molecule has 7 heteroatoms. The Bertz CT molecular complexity index is 986. The zero-order valence-corrected chi connectivity index (χ0v) is 25.9. The Kier molecular flexibility index (Phi) is 8.11. The molecule has 0 saturated heterocycles. The molecule has 0 aliphatic carbocycles. The highest BCUT2D eigenvalue weighted by molar-refractivity contribution is 8.60. The van der Waals surface area contributed by atoms with E-state index < -0.39 is 5.69 Å². The van der Waals surface area contributed by atoms with Crippen LogP contribution in [0.2, 0.25) is 0 Å². The topological polar surface area (TPSA) is 58.9 Å². The third-order valence-electron chi connectivity index (χ3n) is 5.84. The van der Waals surface area contributed by atoms with Gasteiger partial charge in [-0.15, -0.1) is 0 Å². The van der Waals surface area contributed by atoms with E-state index in [0.29, 0.717) is 11.5 Å². The van der Waals surface area contributed by atoms with Crippen LogP contribution in [0.25, 0.3) is 0 Å². The van der Waals surface area contributed by atoms with Crippen LogP contribution in [-0.2, 0) is 33.5 Å². The molecule has 196 valence electrons. The molecule has 0 radical (unpaired) electrons. The van der Waals surface area contributed by atoms with Crippen molar-refractivity contribution in [3.05, 3.63) is 46.5 Å². The summed E-state index contributed by atoms with van der Waals surface area (Å²) in [6.07, 6.45) is 0. The average Bonchev–Trinajstić information content (AvgIpc) is 2.60. The highest BCUT2D eigenvalue weighted by Crippen LogP contribution is 2.55. The van der Waals surface area contributed by atoms with Crippen molar-refractivity contribution in [2.24, 2.45) is 0 Å². The summed E-state index contributed by atoms with van der Waals surface area (Å²) in [7, 11) is 0. The van der Waals surface area contributed by atoms with Crippen molar-refractivity contribution in [3.63, 3.8) is 0 Å². The predicted octanol–water partition coefficient (Wildman–Crippen LogP) is 8.90. The first kappa shape index (κ1) is 29.9. The average molecular weight is 539 g/mol. The van der Waals surface area contributed by atoms with Crippen LogP contribution < -0.4 is 9.05 Å². The fourth-order valence-corrected chi connectivity index (χ4v) is 5.76. The highest BCUT2D eigenvalue weighted by Gasteiger charge is 2.30. The number of hydrogen-bond donors (Lipinski definition) is 3. The summed E-state index contributed by atoms with van der Waals surface area (Å²) in [5, 5.41) is 22.0. The van der Waals surface area contributed by atoms with E-state index in [4.69, 9.17) is 20.9 Å². The Morgan fingerprint density at radius 2 is 0.771 bits per heavy atom. The first-order chi connectivity index (χ1) is 15.4. The van der Waals surface area contributed by atoms with Crippen LogP contribution in [0.1, 0.15) is 105 Å². The number of phenolic OH excluding ortho intramolecular Hbond substituents is 2. The number of aromatic hydroxyl groups is 2. The van der Waals surface area contributed by atoms with Gasteiger partial charge in [0.2, 0.25) is 0 Å². The van der Waals surface area contributed by atoms with E-state index in [9.17, 15) is 10.2 Å². The molecular weight excluding hydrogens is 495 g/mol. The molecule has 0 fully saturated rings. The van der Waals surface area contributed by atoms with Crippen molar-refractivity contribution in [3.8, 4) is 23.0 Å². The zero-order chi connectivity index (χ0) is 27.4. The Labute approximate surface area is 222 Å². The van der Waals surface area contributed by atoms with Gasteiger partial charge in [0.15, 0.2) is 0 Å². The Morgan fingerprint density at radius 3 is 0.943 bits per heavy atom. The monoisotopic (exact) mass is 538 g/mol. The molecule has 2 rings (SSSR count). The molecular formula is C28H43O4PS2. The van der Waals surface area contributed by atoms with E-state index in [-0.39, 0.29) is 33.2 Å². The molecule has 0 atom stereocenters. The molecule has 0 saturated carbocycles. The minimum absolute atomic E-state index is 0.272. The lowest BCUT2D eigenvalue weighted by molar-refractivity contribution is 0.417. The van der Waals surface area contributed by atoms with Crippen molar-refractivity contribution < 1.29 is 19.3 Å². The summed E-state index contributed by atoms with van der Waals surface area (Å²) in [6.45, 7) is 24.5. The molecule has 35 heavy (non-hydrogen) atoms. The molecule has 0 bridgehead atoms. The number of phenols is 2. The first-order valence-corrected chi connectivity index (χ1v) is 15.7. The van der Waals surface area contributed by atoms with Gasteiger partial charge in [-0.25, -0.2) is 0 Å². The van der Waals surface area contributed by atoms with Crippen molar-refractivity contribution in [1.29, 1.82) is 0 Å². The standard InChI is InChI=1S/C28H43O4PS2/c1-25(2,3)19-13-17(14-20(23(19)29)26(4,5)6)31-33(34,35)32-18-15-21(27(7,8)9)24(30)22(16-18)28(10,11)12/h13-16,29-30H,1-12H3,(H,34,35). The van der Waals surface area contributed by atoms with Crippen LogP contribution in [0.5, 0.6) is 23.0 Å². The van der Waals surface area contributed by atoms with E-state index >= 15 is 0 Å². The Hall–Kier alpha value is -1.36. The van der Waals surface area contributed by atoms with Gasteiger partial charge in [0.25, 0.3) is 0 Å². The minimum atomic E-state index is -3.09. The number of benzene rings is 2. The van der Waals surface area contributed by atoms with E-state index in [1.807, 2.05) is 107 Å². The molecule has 0 aromatic heterocycles. The molecule has 0 heterocycles. The largest absolute Gasteiger partial charge is 0.507 e. The van der Waals surface area contributed by atoms with Gasteiger partial charge in [-0.05, 0) is 57.7 Å². The summed E-state index contributed by atoms with van der Waals surface area (Å²) in [4.78, 5) is 0.